The molecule has 6 nitrogen and oxygen atoms in total. The van der Waals surface area contributed by atoms with Crippen molar-refractivity contribution < 1.29 is 28.1 Å². The quantitative estimate of drug-likeness (QED) is 0.302. The molecule has 1 fully saturated rings. The fourth-order valence-electron chi connectivity index (χ4n) is 5.17. The van der Waals surface area contributed by atoms with Crippen LogP contribution < -0.4 is 10.4 Å². The fraction of sp³-hybridized carbons (Fsp3) is 0.438. The normalized spacial score (nSPS) is 23.4. The van der Waals surface area contributed by atoms with Crippen molar-refractivity contribution >= 4 is 18.7 Å². The number of rotatable bonds is 12. The second-order valence-electron chi connectivity index (χ2n) is 10.2. The molecule has 0 aromatic heterocycles. The van der Waals surface area contributed by atoms with Crippen molar-refractivity contribution in [3.05, 3.63) is 60.7 Å². The molecule has 0 unspecified atom stereocenters. The summed E-state index contributed by atoms with van der Waals surface area (Å²) in [6, 6.07) is 20.8. The second-order valence-corrected chi connectivity index (χ2v) is 14.5. The zero-order valence-corrected chi connectivity index (χ0v) is 24.2. The van der Waals surface area contributed by atoms with Gasteiger partial charge in [-0.25, -0.2) is 0 Å². The van der Waals surface area contributed by atoms with Crippen molar-refractivity contribution in [2.45, 2.75) is 56.5 Å². The van der Waals surface area contributed by atoms with E-state index in [1.165, 1.54) is 7.11 Å². The maximum absolute atomic E-state index is 7.14. The summed E-state index contributed by atoms with van der Waals surface area (Å²) in [5.74, 6) is 7.53. The summed E-state index contributed by atoms with van der Waals surface area (Å²) >= 11 is 0. The number of terminal acetylenes is 3. The van der Waals surface area contributed by atoms with Gasteiger partial charge in [-0.2, -0.15) is 0 Å². The van der Waals surface area contributed by atoms with Gasteiger partial charge in [0.15, 0.2) is 6.29 Å². The highest BCUT2D eigenvalue weighted by Gasteiger charge is 2.53. The molecular formula is C32H38O6Si. The molecule has 0 N–H and O–H groups in total. The summed E-state index contributed by atoms with van der Waals surface area (Å²) in [4.78, 5) is 0. The first-order chi connectivity index (χ1) is 18.8. The van der Waals surface area contributed by atoms with Gasteiger partial charge in [0.05, 0.1) is 6.61 Å². The Morgan fingerprint density at radius 2 is 1.21 bits per heavy atom. The molecule has 1 aliphatic rings. The number of methoxy groups -OCH3 is 1. The topological polar surface area (TPSA) is 55.4 Å². The van der Waals surface area contributed by atoms with Crippen LogP contribution >= 0.6 is 0 Å². The third kappa shape index (κ3) is 7.00. The first-order valence-corrected chi connectivity index (χ1v) is 14.8. The number of hydrogen-bond donors (Lipinski definition) is 0. The average Bonchev–Trinajstić information content (AvgIpc) is 2.95. The minimum atomic E-state index is -2.86. The Morgan fingerprint density at radius 1 is 0.744 bits per heavy atom. The van der Waals surface area contributed by atoms with Gasteiger partial charge in [-0.1, -0.05) is 99.2 Å². The average molecular weight is 547 g/mol. The molecule has 206 valence electrons. The van der Waals surface area contributed by atoms with E-state index >= 15 is 0 Å². The second kappa shape index (κ2) is 14.5. The monoisotopic (exact) mass is 546 g/mol. The van der Waals surface area contributed by atoms with Gasteiger partial charge >= 0.3 is 0 Å². The number of benzene rings is 2. The Kier molecular flexibility index (Phi) is 11.4. The molecule has 0 spiro atoms. The Labute approximate surface area is 234 Å². The molecule has 5 atom stereocenters. The summed E-state index contributed by atoms with van der Waals surface area (Å²) < 4.78 is 37.3. The molecule has 1 heterocycles. The minimum Gasteiger partial charge on any atom is -0.405 e. The number of hydrogen-bond acceptors (Lipinski definition) is 6. The molecule has 0 amide bonds. The molecular weight excluding hydrogens is 508 g/mol. The zero-order chi connectivity index (χ0) is 28.3. The van der Waals surface area contributed by atoms with Crippen LogP contribution in [0.5, 0.6) is 0 Å². The minimum absolute atomic E-state index is 0.0366. The number of ether oxygens (including phenoxy) is 5. The van der Waals surface area contributed by atoms with E-state index in [9.17, 15) is 0 Å². The van der Waals surface area contributed by atoms with Gasteiger partial charge in [-0.05, 0) is 15.4 Å². The van der Waals surface area contributed by atoms with E-state index in [1.54, 1.807) is 0 Å². The molecule has 2 aromatic carbocycles. The molecule has 0 radical (unpaired) electrons. The van der Waals surface area contributed by atoms with Crippen molar-refractivity contribution in [1.29, 1.82) is 0 Å². The standard InChI is InChI=1S/C32H38O6Si/c1-8-21-34-28-27(38-31(33-7)30(36-23-10-3)29(28)35-22-9-2)24-37-39(32(4,5)6,25-17-13-11-14-18-25)26-19-15-12-16-20-26/h1-3,11-20,27-31H,21-24H2,4-7H3/t27-,28+,29+,30-,31-/m1/s1. The van der Waals surface area contributed by atoms with Crippen molar-refractivity contribution in [3.8, 4) is 37.0 Å². The molecule has 39 heavy (non-hydrogen) atoms. The zero-order valence-electron chi connectivity index (χ0n) is 23.2. The van der Waals surface area contributed by atoms with Gasteiger partial charge in [-0.3, -0.25) is 0 Å². The van der Waals surface area contributed by atoms with Crippen molar-refractivity contribution in [3.63, 3.8) is 0 Å². The van der Waals surface area contributed by atoms with Crippen LogP contribution in [0.3, 0.4) is 0 Å². The Hall–Kier alpha value is -2.90. The summed E-state index contributed by atoms with van der Waals surface area (Å²) in [7, 11) is -1.32. The largest absolute Gasteiger partial charge is 0.405 e. The molecule has 0 bridgehead atoms. The lowest BCUT2D eigenvalue weighted by Crippen LogP contribution is -2.68. The van der Waals surface area contributed by atoms with E-state index < -0.39 is 39.0 Å². The highest BCUT2D eigenvalue weighted by Crippen LogP contribution is 2.38. The maximum Gasteiger partial charge on any atom is 0.261 e. The lowest BCUT2D eigenvalue weighted by molar-refractivity contribution is -0.311. The molecule has 7 heteroatoms. The van der Waals surface area contributed by atoms with E-state index in [4.69, 9.17) is 47.4 Å². The first-order valence-electron chi connectivity index (χ1n) is 12.9. The summed E-state index contributed by atoms with van der Waals surface area (Å²) in [5.41, 5.74) is 0. The third-order valence-corrected chi connectivity index (χ3v) is 11.8. The van der Waals surface area contributed by atoms with Crippen molar-refractivity contribution in [2.75, 3.05) is 33.5 Å². The van der Waals surface area contributed by atoms with E-state index in [1.807, 2.05) is 36.4 Å². The Bertz CT molecular complexity index is 1100. The smallest absolute Gasteiger partial charge is 0.261 e. The van der Waals surface area contributed by atoms with Crippen LogP contribution in [0.2, 0.25) is 5.04 Å². The summed E-state index contributed by atoms with van der Waals surface area (Å²) in [5, 5.41) is 2.08. The lowest BCUT2D eigenvalue weighted by atomic mass is 9.98. The van der Waals surface area contributed by atoms with Crippen LogP contribution in [0.4, 0.5) is 0 Å². The van der Waals surface area contributed by atoms with Crippen molar-refractivity contribution in [2.24, 2.45) is 0 Å². The SMILES string of the molecule is C#CCO[C@H]1[C@@H](OCC#C)[C@@H](CO[Si](c2ccccc2)(c2ccccc2)C(C)(C)C)O[C@@H](OC)[C@@H]1OCC#C. The summed E-state index contributed by atoms with van der Waals surface area (Å²) in [6.45, 7) is 6.96. The van der Waals surface area contributed by atoms with E-state index in [-0.39, 0.29) is 31.5 Å². The lowest BCUT2D eigenvalue weighted by Gasteiger charge is -2.47. The van der Waals surface area contributed by atoms with Gasteiger partial charge in [-0.15, -0.1) is 19.3 Å². The Balaban J connectivity index is 2.05. The fourth-order valence-corrected chi connectivity index (χ4v) is 9.74. The highest BCUT2D eigenvalue weighted by atomic mass is 28.4. The van der Waals surface area contributed by atoms with Crippen molar-refractivity contribution in [1.82, 2.24) is 0 Å². The molecule has 0 saturated carbocycles. The van der Waals surface area contributed by atoms with Crippen LogP contribution in [0, 0.1) is 37.0 Å². The van der Waals surface area contributed by atoms with E-state index in [2.05, 4.69) is 62.8 Å². The molecule has 1 saturated heterocycles. The van der Waals surface area contributed by atoms with Crippen LogP contribution in [-0.2, 0) is 28.1 Å². The van der Waals surface area contributed by atoms with Crippen LogP contribution in [-0.4, -0.2) is 72.6 Å². The summed E-state index contributed by atoms with van der Waals surface area (Å²) in [6.07, 6.45) is 13.2. The predicted octanol–water partition coefficient (Wildman–Crippen LogP) is 2.99. The van der Waals surface area contributed by atoms with Gasteiger partial charge in [0, 0.05) is 7.11 Å². The van der Waals surface area contributed by atoms with Gasteiger partial charge in [0.1, 0.15) is 44.2 Å². The molecule has 3 rings (SSSR count). The van der Waals surface area contributed by atoms with E-state index in [0.717, 1.165) is 10.4 Å². The molecule has 0 aliphatic carbocycles. The van der Waals surface area contributed by atoms with Gasteiger partial charge < -0.3 is 28.1 Å². The first kappa shape index (κ1) is 30.6. The van der Waals surface area contributed by atoms with E-state index in [0.29, 0.717) is 0 Å². The third-order valence-electron chi connectivity index (χ3n) is 6.78. The highest BCUT2D eigenvalue weighted by molar-refractivity contribution is 6.99. The predicted molar refractivity (Wildman–Crippen MR) is 155 cm³/mol. The maximum atomic E-state index is 7.14. The Morgan fingerprint density at radius 3 is 1.64 bits per heavy atom. The van der Waals surface area contributed by atoms with Gasteiger partial charge in [0.2, 0.25) is 0 Å². The van der Waals surface area contributed by atoms with Crippen LogP contribution in [0.1, 0.15) is 20.8 Å². The van der Waals surface area contributed by atoms with Crippen LogP contribution in [0.25, 0.3) is 0 Å². The van der Waals surface area contributed by atoms with Crippen LogP contribution in [0.15, 0.2) is 60.7 Å². The molecule has 2 aromatic rings. The van der Waals surface area contributed by atoms with Gasteiger partial charge in [0.25, 0.3) is 8.32 Å². The molecule has 1 aliphatic heterocycles.